The molecule has 2 atom stereocenters. The first kappa shape index (κ1) is 8.89. The van der Waals surface area contributed by atoms with Crippen LogP contribution in [0, 0.1) is 0 Å². The van der Waals surface area contributed by atoms with E-state index in [1.54, 1.807) is 0 Å². The van der Waals surface area contributed by atoms with Crippen molar-refractivity contribution in [3.63, 3.8) is 0 Å². The number of thiophene rings is 1. The molecule has 14 heavy (non-hydrogen) atoms. The summed E-state index contributed by atoms with van der Waals surface area (Å²) in [6.07, 6.45) is 4.00. The third kappa shape index (κ3) is 1.40. The first-order chi connectivity index (χ1) is 6.95. The van der Waals surface area contributed by atoms with Gasteiger partial charge in [-0.05, 0) is 42.8 Å². The molecule has 0 bridgehead atoms. The highest BCUT2D eigenvalue weighted by molar-refractivity contribution is 7.10. The van der Waals surface area contributed by atoms with Gasteiger partial charge in [0.2, 0.25) is 0 Å². The van der Waals surface area contributed by atoms with E-state index < -0.39 is 0 Å². The highest BCUT2D eigenvalue weighted by atomic mass is 32.1. The highest BCUT2D eigenvalue weighted by Gasteiger charge is 2.31. The molecule has 3 rings (SSSR count). The van der Waals surface area contributed by atoms with Gasteiger partial charge in [0, 0.05) is 10.9 Å². The first-order valence-corrected chi connectivity index (χ1v) is 6.24. The van der Waals surface area contributed by atoms with Crippen molar-refractivity contribution in [1.82, 2.24) is 5.32 Å². The first-order valence-electron chi connectivity index (χ1n) is 5.36. The molecular formula is C11H15NOS. The quantitative estimate of drug-likeness (QED) is 0.765. The van der Waals surface area contributed by atoms with Crippen molar-refractivity contribution in [2.45, 2.75) is 31.4 Å². The minimum absolute atomic E-state index is 0.334. The molecule has 0 amide bonds. The molecular weight excluding hydrogens is 194 g/mol. The highest BCUT2D eigenvalue weighted by Crippen LogP contribution is 2.36. The minimum atomic E-state index is 0.334. The predicted molar refractivity (Wildman–Crippen MR) is 57.7 cm³/mol. The zero-order valence-corrected chi connectivity index (χ0v) is 8.98. The summed E-state index contributed by atoms with van der Waals surface area (Å²) in [4.78, 5) is 1.47. The Morgan fingerprint density at radius 3 is 3.36 bits per heavy atom. The lowest BCUT2D eigenvalue weighted by Gasteiger charge is -2.28. The van der Waals surface area contributed by atoms with Crippen LogP contribution in [0.5, 0.6) is 0 Å². The lowest BCUT2D eigenvalue weighted by atomic mass is 10.0. The van der Waals surface area contributed by atoms with E-state index in [9.17, 15) is 0 Å². The van der Waals surface area contributed by atoms with Crippen LogP contribution in [-0.4, -0.2) is 19.2 Å². The second kappa shape index (κ2) is 3.65. The molecule has 0 radical (unpaired) electrons. The summed E-state index contributed by atoms with van der Waals surface area (Å²) in [6.45, 7) is 2.05. The zero-order chi connectivity index (χ0) is 9.38. The van der Waals surface area contributed by atoms with E-state index in [-0.39, 0.29) is 0 Å². The van der Waals surface area contributed by atoms with Crippen LogP contribution in [0.4, 0.5) is 0 Å². The van der Waals surface area contributed by atoms with E-state index in [0.717, 1.165) is 19.6 Å². The van der Waals surface area contributed by atoms with Gasteiger partial charge in [0.05, 0.1) is 6.61 Å². The van der Waals surface area contributed by atoms with Crippen LogP contribution >= 0.6 is 11.3 Å². The van der Waals surface area contributed by atoms with Gasteiger partial charge in [0.1, 0.15) is 6.10 Å². The van der Waals surface area contributed by atoms with Gasteiger partial charge >= 0.3 is 0 Å². The predicted octanol–water partition coefficient (Wildman–Crippen LogP) is 2.11. The van der Waals surface area contributed by atoms with E-state index in [1.807, 2.05) is 11.3 Å². The summed E-state index contributed by atoms with van der Waals surface area (Å²) >= 11 is 1.86. The number of fused-ring (bicyclic) bond motifs is 1. The standard InChI is InChI=1S/C11H15NOS/c1-2-9(12-5-1)10-11-8(3-6-13-10)4-7-14-11/h4,7,9-10,12H,1-3,5-6H2/t9-,10+/m1/s1. The van der Waals surface area contributed by atoms with Gasteiger partial charge in [-0.15, -0.1) is 11.3 Å². The fourth-order valence-electron chi connectivity index (χ4n) is 2.44. The minimum Gasteiger partial charge on any atom is -0.371 e. The molecule has 0 aliphatic carbocycles. The topological polar surface area (TPSA) is 21.3 Å². The van der Waals surface area contributed by atoms with E-state index >= 15 is 0 Å². The molecule has 1 fully saturated rings. The van der Waals surface area contributed by atoms with Gasteiger partial charge in [-0.25, -0.2) is 0 Å². The van der Waals surface area contributed by atoms with Gasteiger partial charge in [0.25, 0.3) is 0 Å². The molecule has 0 aromatic carbocycles. The zero-order valence-electron chi connectivity index (χ0n) is 8.16. The molecule has 1 aromatic heterocycles. The Hall–Kier alpha value is -0.380. The molecule has 76 valence electrons. The van der Waals surface area contributed by atoms with Crippen molar-refractivity contribution in [3.05, 3.63) is 21.9 Å². The van der Waals surface area contributed by atoms with Crippen molar-refractivity contribution in [2.75, 3.05) is 13.2 Å². The number of hydrogen-bond donors (Lipinski definition) is 1. The van der Waals surface area contributed by atoms with Crippen molar-refractivity contribution < 1.29 is 4.74 Å². The average Bonchev–Trinajstić information content (AvgIpc) is 2.88. The summed E-state index contributed by atoms with van der Waals surface area (Å²) in [5.41, 5.74) is 1.51. The summed E-state index contributed by atoms with van der Waals surface area (Å²) < 4.78 is 5.89. The van der Waals surface area contributed by atoms with Crippen LogP contribution in [0.3, 0.4) is 0 Å². The average molecular weight is 209 g/mol. The largest absolute Gasteiger partial charge is 0.371 e. The second-order valence-corrected chi connectivity index (χ2v) is 5.00. The van der Waals surface area contributed by atoms with Crippen LogP contribution < -0.4 is 5.32 Å². The maximum atomic E-state index is 5.89. The van der Waals surface area contributed by atoms with Crippen LogP contribution in [0.2, 0.25) is 0 Å². The summed E-state index contributed by atoms with van der Waals surface area (Å²) in [5.74, 6) is 0. The molecule has 3 heterocycles. The lowest BCUT2D eigenvalue weighted by Crippen LogP contribution is -2.32. The van der Waals surface area contributed by atoms with E-state index in [2.05, 4.69) is 16.8 Å². The molecule has 0 spiro atoms. The van der Waals surface area contributed by atoms with Crippen LogP contribution in [0.15, 0.2) is 11.4 Å². The smallest absolute Gasteiger partial charge is 0.107 e. The van der Waals surface area contributed by atoms with Gasteiger partial charge in [0.15, 0.2) is 0 Å². The van der Waals surface area contributed by atoms with E-state index in [4.69, 9.17) is 4.74 Å². The Morgan fingerprint density at radius 2 is 2.50 bits per heavy atom. The Kier molecular flexibility index (Phi) is 2.32. The Morgan fingerprint density at radius 1 is 1.50 bits per heavy atom. The maximum Gasteiger partial charge on any atom is 0.107 e. The number of hydrogen-bond acceptors (Lipinski definition) is 3. The van der Waals surface area contributed by atoms with Gasteiger partial charge in [-0.3, -0.25) is 0 Å². The Labute approximate surface area is 88.3 Å². The fraction of sp³-hybridized carbons (Fsp3) is 0.636. The van der Waals surface area contributed by atoms with Crippen molar-refractivity contribution >= 4 is 11.3 Å². The third-order valence-corrected chi connectivity index (χ3v) is 4.19. The summed E-state index contributed by atoms with van der Waals surface area (Å²) in [6, 6.07) is 2.82. The number of rotatable bonds is 1. The van der Waals surface area contributed by atoms with Crippen LogP contribution in [0.25, 0.3) is 0 Å². The second-order valence-electron chi connectivity index (χ2n) is 4.05. The molecule has 1 aromatic rings. The van der Waals surface area contributed by atoms with Gasteiger partial charge < -0.3 is 10.1 Å². The number of ether oxygens (including phenoxy) is 1. The Balaban J connectivity index is 1.88. The maximum absolute atomic E-state index is 5.89. The monoisotopic (exact) mass is 209 g/mol. The van der Waals surface area contributed by atoms with Gasteiger partial charge in [-0.1, -0.05) is 0 Å². The molecule has 2 aliphatic heterocycles. The summed E-state index contributed by atoms with van der Waals surface area (Å²) in [7, 11) is 0. The SMILES string of the molecule is c1cc2c(s1)[C@H]([C@H]1CCCN1)OCC2. The lowest BCUT2D eigenvalue weighted by molar-refractivity contribution is 0.0229. The van der Waals surface area contributed by atoms with Crippen molar-refractivity contribution in [3.8, 4) is 0 Å². The molecule has 0 unspecified atom stereocenters. The van der Waals surface area contributed by atoms with Crippen LogP contribution in [-0.2, 0) is 11.2 Å². The van der Waals surface area contributed by atoms with Gasteiger partial charge in [-0.2, -0.15) is 0 Å². The molecule has 0 saturated carbocycles. The normalized spacial score (nSPS) is 31.7. The molecule has 1 saturated heterocycles. The van der Waals surface area contributed by atoms with E-state index in [1.165, 1.54) is 23.3 Å². The summed E-state index contributed by atoms with van der Waals surface area (Å²) in [5, 5.41) is 5.73. The van der Waals surface area contributed by atoms with E-state index in [0.29, 0.717) is 12.1 Å². The Bertz CT molecular complexity index is 317. The van der Waals surface area contributed by atoms with Crippen molar-refractivity contribution in [1.29, 1.82) is 0 Å². The molecule has 2 aliphatic rings. The fourth-order valence-corrected chi connectivity index (χ4v) is 3.51. The molecule has 2 nitrogen and oxygen atoms in total. The number of nitrogens with one attached hydrogen (secondary N) is 1. The molecule has 1 N–H and O–H groups in total. The van der Waals surface area contributed by atoms with Crippen LogP contribution in [0.1, 0.15) is 29.4 Å². The third-order valence-electron chi connectivity index (χ3n) is 3.17. The molecule has 3 heteroatoms. The van der Waals surface area contributed by atoms with Crippen molar-refractivity contribution in [2.24, 2.45) is 0 Å².